The van der Waals surface area contributed by atoms with Gasteiger partial charge in [0.15, 0.2) is 11.5 Å². The molecule has 0 radical (unpaired) electrons. The summed E-state index contributed by atoms with van der Waals surface area (Å²) < 4.78 is 16.2. The van der Waals surface area contributed by atoms with Crippen LogP contribution < -0.4 is 19.1 Å². The van der Waals surface area contributed by atoms with Crippen LogP contribution in [-0.4, -0.2) is 44.3 Å². The maximum absolute atomic E-state index is 11.8. The molecule has 2 aromatic carbocycles. The van der Waals surface area contributed by atoms with Crippen LogP contribution in [-0.2, 0) is 11.2 Å². The van der Waals surface area contributed by atoms with E-state index >= 15 is 0 Å². The van der Waals surface area contributed by atoms with Crippen LogP contribution in [0.4, 0.5) is 5.69 Å². The number of amides is 1. The molecule has 0 atom stereocenters. The topological polar surface area (TPSA) is 73.8 Å². The Bertz CT molecular complexity index is 1080. The first-order valence-corrected chi connectivity index (χ1v) is 10.6. The van der Waals surface area contributed by atoms with Crippen LogP contribution >= 0.6 is 11.8 Å². The Labute approximate surface area is 192 Å². The Morgan fingerprint density at radius 1 is 1.06 bits per heavy atom. The summed E-state index contributed by atoms with van der Waals surface area (Å²) in [4.78, 5) is 23.4. The van der Waals surface area contributed by atoms with Crippen LogP contribution in [0.3, 0.4) is 0 Å². The van der Waals surface area contributed by atoms with Gasteiger partial charge in [0.2, 0.25) is 11.7 Å². The van der Waals surface area contributed by atoms with Gasteiger partial charge in [0.05, 0.1) is 21.3 Å². The van der Waals surface area contributed by atoms with E-state index in [0.717, 1.165) is 21.2 Å². The van der Waals surface area contributed by atoms with E-state index in [2.05, 4.69) is 16.5 Å². The van der Waals surface area contributed by atoms with E-state index in [1.165, 1.54) is 17.8 Å². The lowest BCUT2D eigenvalue weighted by atomic mass is 10.1. The molecule has 7 nitrogen and oxygen atoms in total. The minimum Gasteiger partial charge on any atom is -0.493 e. The van der Waals surface area contributed by atoms with Gasteiger partial charge in [-0.15, -0.1) is 0 Å². The number of rotatable bonds is 9. The predicted octanol–water partition coefficient (Wildman–Crippen LogP) is 4.39. The number of nitrogens with zero attached hydrogens (tertiary/aromatic N) is 3. The molecule has 0 spiro atoms. The highest BCUT2D eigenvalue weighted by Gasteiger charge is 2.14. The van der Waals surface area contributed by atoms with E-state index < -0.39 is 0 Å². The average molecular weight is 452 g/mol. The van der Waals surface area contributed by atoms with Gasteiger partial charge in [-0.2, -0.15) is 0 Å². The Hall–Kier alpha value is -3.52. The van der Waals surface area contributed by atoms with Crippen LogP contribution in [0, 0.1) is 0 Å². The summed E-state index contributed by atoms with van der Waals surface area (Å²) in [6.07, 6.45) is 3.55. The minimum atomic E-state index is -0.155. The van der Waals surface area contributed by atoms with Crippen LogP contribution in [0.1, 0.15) is 11.4 Å². The average Bonchev–Trinajstić information content (AvgIpc) is 2.83. The number of ether oxygens (including phenoxy) is 3. The van der Waals surface area contributed by atoms with Crippen molar-refractivity contribution in [3.63, 3.8) is 0 Å². The molecule has 1 aromatic heterocycles. The van der Waals surface area contributed by atoms with Gasteiger partial charge >= 0.3 is 0 Å². The standard InChI is InChI=1S/C24H25N3O4S/c1-6-23(28)27(2)17-7-9-18(10-8-17)32-22-11-12-25-21(26-22)15-16-13-19(29-3)24(31-5)20(14-16)30-4/h6-14H,1,15H2,2-5H3. The fourth-order valence-corrected chi connectivity index (χ4v) is 3.86. The highest BCUT2D eigenvalue weighted by molar-refractivity contribution is 7.99. The number of likely N-dealkylation sites (N-methyl/N-ethyl adjacent to an activating group) is 1. The summed E-state index contributed by atoms with van der Waals surface area (Å²) in [5.74, 6) is 2.25. The molecule has 0 saturated heterocycles. The smallest absolute Gasteiger partial charge is 0.250 e. The molecular weight excluding hydrogens is 426 g/mol. The molecule has 0 aliphatic rings. The predicted molar refractivity (Wildman–Crippen MR) is 125 cm³/mol. The zero-order chi connectivity index (χ0) is 23.1. The third-order valence-corrected chi connectivity index (χ3v) is 5.66. The molecule has 8 heteroatoms. The first-order chi connectivity index (χ1) is 15.5. The van der Waals surface area contributed by atoms with E-state index in [0.29, 0.717) is 29.5 Å². The van der Waals surface area contributed by atoms with Gasteiger partial charge in [0, 0.05) is 30.2 Å². The second-order valence-electron chi connectivity index (χ2n) is 6.72. The Balaban J connectivity index is 1.76. The monoisotopic (exact) mass is 451 g/mol. The van der Waals surface area contributed by atoms with E-state index in [4.69, 9.17) is 14.2 Å². The molecule has 32 heavy (non-hydrogen) atoms. The van der Waals surface area contributed by atoms with Gasteiger partial charge in [0.1, 0.15) is 10.9 Å². The number of hydrogen-bond acceptors (Lipinski definition) is 7. The van der Waals surface area contributed by atoms with Crippen molar-refractivity contribution in [1.82, 2.24) is 9.97 Å². The number of anilines is 1. The van der Waals surface area contributed by atoms with Crippen LogP contribution in [0.15, 0.2) is 71.2 Å². The van der Waals surface area contributed by atoms with Crippen LogP contribution in [0.5, 0.6) is 17.2 Å². The summed E-state index contributed by atoms with van der Waals surface area (Å²) in [6, 6.07) is 13.3. The number of carbonyl (C=O) groups excluding carboxylic acids is 1. The van der Waals surface area contributed by atoms with Crippen molar-refractivity contribution in [2.45, 2.75) is 16.3 Å². The van der Waals surface area contributed by atoms with Crippen LogP contribution in [0.2, 0.25) is 0 Å². The fraction of sp³-hybridized carbons (Fsp3) is 0.208. The third-order valence-electron chi connectivity index (χ3n) is 4.72. The van der Waals surface area contributed by atoms with Crippen molar-refractivity contribution in [2.24, 2.45) is 0 Å². The molecule has 1 amide bonds. The molecule has 0 fully saturated rings. The SMILES string of the molecule is C=CC(=O)N(C)c1ccc(Sc2ccnc(Cc3cc(OC)c(OC)c(OC)c3)n2)cc1. The summed E-state index contributed by atoms with van der Waals surface area (Å²) in [5.41, 5.74) is 1.74. The summed E-state index contributed by atoms with van der Waals surface area (Å²) in [5, 5.41) is 0.825. The zero-order valence-electron chi connectivity index (χ0n) is 18.5. The largest absolute Gasteiger partial charge is 0.493 e. The molecule has 0 N–H and O–H groups in total. The van der Waals surface area contributed by atoms with E-state index in [9.17, 15) is 4.79 Å². The lowest BCUT2D eigenvalue weighted by Crippen LogP contribution is -2.23. The second kappa shape index (κ2) is 10.7. The maximum Gasteiger partial charge on any atom is 0.250 e. The zero-order valence-corrected chi connectivity index (χ0v) is 19.3. The molecule has 0 saturated carbocycles. The molecule has 0 bridgehead atoms. The van der Waals surface area contributed by atoms with Crippen molar-refractivity contribution in [3.8, 4) is 17.2 Å². The van der Waals surface area contributed by atoms with Gasteiger partial charge < -0.3 is 19.1 Å². The second-order valence-corrected chi connectivity index (χ2v) is 7.81. The fourth-order valence-electron chi connectivity index (χ4n) is 3.07. The molecule has 0 aliphatic heterocycles. The van der Waals surface area contributed by atoms with E-state index in [-0.39, 0.29) is 5.91 Å². The lowest BCUT2D eigenvalue weighted by Gasteiger charge is -2.15. The highest BCUT2D eigenvalue weighted by atomic mass is 32.2. The number of carbonyl (C=O) groups is 1. The van der Waals surface area contributed by atoms with Gasteiger partial charge in [-0.05, 0) is 54.1 Å². The van der Waals surface area contributed by atoms with Gasteiger partial charge in [0.25, 0.3) is 0 Å². The van der Waals surface area contributed by atoms with E-state index in [1.54, 1.807) is 39.5 Å². The third kappa shape index (κ3) is 5.39. The molecule has 166 valence electrons. The Morgan fingerprint density at radius 2 is 1.72 bits per heavy atom. The van der Waals surface area contributed by atoms with Gasteiger partial charge in [-0.1, -0.05) is 18.3 Å². The molecule has 1 heterocycles. The van der Waals surface area contributed by atoms with Gasteiger partial charge in [-0.3, -0.25) is 4.79 Å². The molecule has 3 rings (SSSR count). The van der Waals surface area contributed by atoms with Crippen molar-refractivity contribution >= 4 is 23.4 Å². The summed E-state index contributed by atoms with van der Waals surface area (Å²) in [6.45, 7) is 3.52. The first kappa shape index (κ1) is 23.1. The van der Waals surface area contributed by atoms with Crippen LogP contribution in [0.25, 0.3) is 0 Å². The number of hydrogen-bond donors (Lipinski definition) is 0. The Kier molecular flexibility index (Phi) is 7.72. The maximum atomic E-state index is 11.8. The molecule has 0 aliphatic carbocycles. The van der Waals surface area contributed by atoms with Gasteiger partial charge in [-0.25, -0.2) is 9.97 Å². The lowest BCUT2D eigenvalue weighted by molar-refractivity contribution is -0.113. The van der Waals surface area contributed by atoms with Crippen molar-refractivity contribution in [2.75, 3.05) is 33.3 Å². The number of methoxy groups -OCH3 is 3. The Morgan fingerprint density at radius 3 is 2.28 bits per heavy atom. The summed E-state index contributed by atoms with van der Waals surface area (Å²) in [7, 11) is 6.47. The van der Waals surface area contributed by atoms with Crippen molar-refractivity contribution < 1.29 is 19.0 Å². The van der Waals surface area contributed by atoms with E-state index in [1.807, 2.05) is 42.5 Å². The first-order valence-electron chi connectivity index (χ1n) is 9.78. The van der Waals surface area contributed by atoms with Crippen molar-refractivity contribution in [3.05, 3.63) is 72.7 Å². The quantitative estimate of drug-likeness (QED) is 0.353. The minimum absolute atomic E-state index is 0.155. The molecular formula is C24H25N3O4S. The summed E-state index contributed by atoms with van der Waals surface area (Å²) >= 11 is 1.52. The molecule has 3 aromatic rings. The van der Waals surface area contributed by atoms with Crippen molar-refractivity contribution in [1.29, 1.82) is 0 Å². The number of aromatic nitrogens is 2. The number of benzene rings is 2. The highest BCUT2D eigenvalue weighted by Crippen LogP contribution is 2.38. The normalized spacial score (nSPS) is 10.4. The molecule has 0 unspecified atom stereocenters.